The third-order valence-electron chi connectivity index (χ3n) is 8.98. The van der Waals surface area contributed by atoms with Crippen LogP contribution in [0.3, 0.4) is 0 Å². The van der Waals surface area contributed by atoms with Gasteiger partial charge in [-0.2, -0.15) is 0 Å². The number of hydrogen-bond acceptors (Lipinski definition) is 0. The first-order valence-electron chi connectivity index (χ1n) is 10.5. The summed E-state index contributed by atoms with van der Waals surface area (Å²) < 4.78 is 8.83. The van der Waals surface area contributed by atoms with E-state index in [9.17, 15) is 0 Å². The monoisotopic (exact) mass is 289 g/mol. The Kier molecular flexibility index (Phi) is 3.20. The van der Waals surface area contributed by atoms with Crippen molar-refractivity contribution in [1.82, 2.24) is 0 Å². The maximum Gasteiger partial charge on any atom is 0.0270 e. The zero-order valence-corrected chi connectivity index (χ0v) is 14.5. The number of hydrogen-bond donors (Lipinski definition) is 0. The Labute approximate surface area is 133 Å². The first-order valence-corrected chi connectivity index (χ1v) is 9.93. The summed E-state index contributed by atoms with van der Waals surface area (Å²) in [5.74, 6) is 4.40. The van der Waals surface area contributed by atoms with E-state index in [4.69, 9.17) is 1.37 Å². The van der Waals surface area contributed by atoms with Crippen LogP contribution >= 0.6 is 0 Å². The van der Waals surface area contributed by atoms with Crippen molar-refractivity contribution < 1.29 is 1.37 Å². The van der Waals surface area contributed by atoms with Gasteiger partial charge in [-0.1, -0.05) is 40.0 Å². The van der Waals surface area contributed by atoms with Gasteiger partial charge in [-0.15, -0.1) is 0 Å². The lowest BCUT2D eigenvalue weighted by Gasteiger charge is -2.60. The Bertz CT molecular complexity index is 432. The highest BCUT2D eigenvalue weighted by Gasteiger charge is 2.59. The summed E-state index contributed by atoms with van der Waals surface area (Å²) in [7, 11) is 0. The molecular formula is C21H36. The topological polar surface area (TPSA) is 0 Å². The summed E-state index contributed by atoms with van der Waals surface area (Å²) in [5, 5.41) is 0. The van der Waals surface area contributed by atoms with Gasteiger partial charge in [0.05, 0.1) is 0 Å². The van der Waals surface area contributed by atoms with Crippen LogP contribution in [-0.4, -0.2) is 0 Å². The Morgan fingerprint density at radius 1 is 0.905 bits per heavy atom. The fourth-order valence-corrected chi connectivity index (χ4v) is 7.71. The fourth-order valence-electron chi connectivity index (χ4n) is 7.71. The third-order valence-corrected chi connectivity index (χ3v) is 8.98. The van der Waals surface area contributed by atoms with Crippen molar-refractivity contribution in [2.24, 2.45) is 40.4 Å². The Balaban J connectivity index is 1.66. The largest absolute Gasteiger partial charge is 0.0651 e. The Hall–Kier alpha value is 0. The maximum absolute atomic E-state index is 8.83. The van der Waals surface area contributed by atoms with Crippen molar-refractivity contribution in [2.45, 2.75) is 91.4 Å². The second kappa shape index (κ2) is 5.00. The van der Waals surface area contributed by atoms with Crippen molar-refractivity contribution in [1.29, 1.82) is 0 Å². The molecule has 0 saturated heterocycles. The van der Waals surface area contributed by atoms with Crippen LogP contribution in [0, 0.1) is 40.4 Å². The number of fused-ring (bicyclic) bond motifs is 5. The molecule has 21 heavy (non-hydrogen) atoms. The van der Waals surface area contributed by atoms with E-state index in [0.29, 0.717) is 10.8 Å². The Morgan fingerprint density at radius 2 is 1.76 bits per heavy atom. The van der Waals surface area contributed by atoms with Gasteiger partial charge in [0.2, 0.25) is 0 Å². The summed E-state index contributed by atoms with van der Waals surface area (Å²) in [6.07, 6.45) is 14.5. The molecule has 0 amide bonds. The van der Waals surface area contributed by atoms with E-state index in [1.807, 2.05) is 0 Å². The lowest BCUT2D eigenvalue weighted by molar-refractivity contribution is -0.110. The van der Waals surface area contributed by atoms with Gasteiger partial charge < -0.3 is 0 Å². The SMILES string of the molecule is [2H]C1C[C@H](CC)[C@@]2(C)CC[C@H]3[C@@H](CCC4CCCC[C@@]43C)[C@H]12. The molecule has 0 aromatic carbocycles. The molecule has 8 atom stereocenters. The molecule has 0 aromatic heterocycles. The molecular weight excluding hydrogens is 252 g/mol. The molecule has 4 fully saturated rings. The molecule has 0 heterocycles. The zero-order chi connectivity index (χ0) is 15.5. The third kappa shape index (κ3) is 1.93. The molecule has 4 saturated carbocycles. The average molecular weight is 290 g/mol. The maximum atomic E-state index is 8.83. The van der Waals surface area contributed by atoms with Crippen LogP contribution in [0.15, 0.2) is 0 Å². The summed E-state index contributed by atoms with van der Waals surface area (Å²) >= 11 is 0. The molecule has 0 nitrogen and oxygen atoms in total. The van der Waals surface area contributed by atoms with Crippen LogP contribution in [0.5, 0.6) is 0 Å². The molecule has 0 bridgehead atoms. The minimum Gasteiger partial charge on any atom is -0.0651 e. The molecule has 0 heteroatoms. The standard InChI is InChI=1S/C21H36/c1-4-15-9-11-18-17-10-8-16-7-5-6-13-20(16,2)19(17)12-14-21(15,18)3/h15-19H,4-14H2,1-3H3/t15-,16?,17-,18-,19-,20-,21+/m0/s1/i11D/t11?,15-,16?,17-,18-,19-,20-,21+. The van der Waals surface area contributed by atoms with Gasteiger partial charge in [-0.3, -0.25) is 0 Å². The number of rotatable bonds is 1. The van der Waals surface area contributed by atoms with Gasteiger partial charge in [0, 0.05) is 1.37 Å². The van der Waals surface area contributed by atoms with Crippen LogP contribution in [0.4, 0.5) is 0 Å². The summed E-state index contributed by atoms with van der Waals surface area (Å²) in [5.41, 5.74) is 1.13. The van der Waals surface area contributed by atoms with Crippen LogP contribution in [0.25, 0.3) is 0 Å². The normalized spacial score (nSPS) is 60.6. The van der Waals surface area contributed by atoms with E-state index in [-0.39, 0.29) is 6.40 Å². The van der Waals surface area contributed by atoms with Crippen molar-refractivity contribution in [3.8, 4) is 0 Å². The summed E-state index contributed by atoms with van der Waals surface area (Å²) in [6, 6.07) is 0. The minimum absolute atomic E-state index is 0.242. The van der Waals surface area contributed by atoms with Gasteiger partial charge in [-0.25, -0.2) is 0 Å². The molecule has 0 radical (unpaired) electrons. The lowest BCUT2D eigenvalue weighted by atomic mass is 9.45. The zero-order valence-electron chi connectivity index (χ0n) is 15.5. The average Bonchev–Trinajstić information content (AvgIpc) is 2.77. The Morgan fingerprint density at radius 3 is 2.57 bits per heavy atom. The molecule has 0 aromatic rings. The van der Waals surface area contributed by atoms with E-state index >= 15 is 0 Å². The molecule has 4 aliphatic carbocycles. The van der Waals surface area contributed by atoms with Crippen molar-refractivity contribution in [3.63, 3.8) is 0 Å². The van der Waals surface area contributed by atoms with Crippen LogP contribution in [0.1, 0.15) is 92.7 Å². The summed E-state index contributed by atoms with van der Waals surface area (Å²) in [6.45, 7) is 7.60. The van der Waals surface area contributed by atoms with Crippen molar-refractivity contribution in [3.05, 3.63) is 0 Å². The van der Waals surface area contributed by atoms with Gasteiger partial charge in [-0.05, 0) is 91.8 Å². The molecule has 0 N–H and O–H groups in total. The highest BCUT2D eigenvalue weighted by atomic mass is 14.6. The van der Waals surface area contributed by atoms with Crippen LogP contribution in [0.2, 0.25) is 0 Å². The van der Waals surface area contributed by atoms with E-state index in [1.54, 1.807) is 0 Å². The van der Waals surface area contributed by atoms with Gasteiger partial charge >= 0.3 is 0 Å². The fraction of sp³-hybridized carbons (Fsp3) is 1.00. The van der Waals surface area contributed by atoms with Crippen LogP contribution in [-0.2, 0) is 0 Å². The highest BCUT2D eigenvalue weighted by molar-refractivity contribution is 5.08. The van der Waals surface area contributed by atoms with E-state index in [2.05, 4.69) is 20.8 Å². The molecule has 0 aliphatic heterocycles. The van der Waals surface area contributed by atoms with Gasteiger partial charge in [0.1, 0.15) is 0 Å². The second-order valence-electron chi connectivity index (χ2n) is 9.44. The van der Waals surface area contributed by atoms with E-state index in [1.165, 1.54) is 64.2 Å². The van der Waals surface area contributed by atoms with Crippen molar-refractivity contribution in [2.75, 3.05) is 0 Å². The summed E-state index contributed by atoms with van der Waals surface area (Å²) in [4.78, 5) is 0. The minimum atomic E-state index is 0.242. The molecule has 0 spiro atoms. The van der Waals surface area contributed by atoms with Crippen molar-refractivity contribution >= 4 is 0 Å². The molecule has 4 rings (SSSR count). The molecule has 120 valence electrons. The van der Waals surface area contributed by atoms with Gasteiger partial charge in [0.15, 0.2) is 0 Å². The smallest absolute Gasteiger partial charge is 0.0270 e. The highest BCUT2D eigenvalue weighted by Crippen LogP contribution is 2.67. The first kappa shape index (κ1) is 13.4. The molecule has 4 aliphatic rings. The van der Waals surface area contributed by atoms with Gasteiger partial charge in [0.25, 0.3) is 0 Å². The second-order valence-corrected chi connectivity index (χ2v) is 9.44. The predicted molar refractivity (Wildman–Crippen MR) is 90.1 cm³/mol. The van der Waals surface area contributed by atoms with Crippen LogP contribution < -0.4 is 0 Å². The quantitative estimate of drug-likeness (QED) is 0.520. The lowest BCUT2D eigenvalue weighted by Crippen LogP contribution is -2.52. The molecule has 2 unspecified atom stereocenters. The predicted octanol–water partition coefficient (Wildman–Crippen LogP) is 6.45. The van der Waals surface area contributed by atoms with E-state index < -0.39 is 0 Å². The first-order chi connectivity index (χ1) is 10.5. The van der Waals surface area contributed by atoms with E-state index in [0.717, 1.165) is 29.6 Å².